The van der Waals surface area contributed by atoms with E-state index in [0.717, 1.165) is 11.1 Å². The molecular weight excluding hydrogens is 329 g/mol. The maximum Gasteiger partial charge on any atom is 0.272 e. The molecule has 0 aliphatic rings. The van der Waals surface area contributed by atoms with Crippen LogP contribution in [-0.4, -0.2) is 18.0 Å². The molecular formula is C10H13F2IN2O. The Kier molecular flexibility index (Phi) is 5.33. The predicted octanol–water partition coefficient (Wildman–Crippen LogP) is 2.68. The molecule has 6 heteroatoms. The van der Waals surface area contributed by atoms with E-state index in [4.69, 9.17) is 10.5 Å². The molecule has 0 aliphatic heterocycles. The maximum absolute atomic E-state index is 12.0. The van der Waals surface area contributed by atoms with Crippen molar-refractivity contribution >= 4 is 22.6 Å². The van der Waals surface area contributed by atoms with E-state index in [2.05, 4.69) is 27.6 Å². The van der Waals surface area contributed by atoms with Gasteiger partial charge in [0, 0.05) is 22.2 Å². The van der Waals surface area contributed by atoms with E-state index < -0.39 is 13.0 Å². The minimum absolute atomic E-state index is 0.127. The molecule has 1 aromatic heterocycles. The molecule has 3 nitrogen and oxygen atoms in total. The van der Waals surface area contributed by atoms with Gasteiger partial charge in [-0.2, -0.15) is 0 Å². The number of nitrogens with zero attached hydrogens (tertiary/aromatic N) is 1. The van der Waals surface area contributed by atoms with Crippen LogP contribution >= 0.6 is 22.6 Å². The first kappa shape index (κ1) is 13.6. The molecule has 1 rings (SSSR count). The second-order valence-electron chi connectivity index (χ2n) is 3.36. The Bertz CT molecular complexity index is 348. The van der Waals surface area contributed by atoms with Gasteiger partial charge in [-0.3, -0.25) is 0 Å². The Hall–Kier alpha value is -0.500. The third-order valence-electron chi connectivity index (χ3n) is 1.96. The van der Waals surface area contributed by atoms with Gasteiger partial charge in [-0.1, -0.05) is 22.6 Å². The molecule has 0 aliphatic carbocycles. The summed E-state index contributed by atoms with van der Waals surface area (Å²) in [5.41, 5.74) is 7.37. The molecule has 2 N–H and O–H groups in total. The van der Waals surface area contributed by atoms with Gasteiger partial charge in [0.15, 0.2) is 6.61 Å². The summed E-state index contributed by atoms with van der Waals surface area (Å²) in [4.78, 5) is 4.00. The molecule has 1 aromatic rings. The zero-order chi connectivity index (χ0) is 12.1. The van der Waals surface area contributed by atoms with Crippen LogP contribution in [0, 0.1) is 0 Å². The summed E-state index contributed by atoms with van der Waals surface area (Å²) >= 11 is 2.13. The van der Waals surface area contributed by atoms with Crippen molar-refractivity contribution in [3.05, 3.63) is 23.4 Å². The summed E-state index contributed by atoms with van der Waals surface area (Å²) in [7, 11) is 0. The van der Waals surface area contributed by atoms with Crippen LogP contribution in [0.2, 0.25) is 0 Å². The molecule has 0 saturated heterocycles. The lowest BCUT2D eigenvalue weighted by molar-refractivity contribution is 0.0792. The van der Waals surface area contributed by atoms with Gasteiger partial charge >= 0.3 is 0 Å². The molecule has 0 radical (unpaired) electrons. The fraction of sp³-hybridized carbons (Fsp3) is 0.500. The lowest BCUT2D eigenvalue weighted by Crippen LogP contribution is -2.11. The van der Waals surface area contributed by atoms with E-state index in [9.17, 15) is 8.78 Å². The van der Waals surface area contributed by atoms with Gasteiger partial charge in [-0.25, -0.2) is 13.8 Å². The van der Waals surface area contributed by atoms with Crippen LogP contribution in [0.15, 0.2) is 12.3 Å². The van der Waals surface area contributed by atoms with Crippen molar-refractivity contribution in [3.8, 4) is 5.88 Å². The van der Waals surface area contributed by atoms with Crippen LogP contribution in [0.5, 0.6) is 5.88 Å². The SMILES string of the molecule is CC(N)c1cnc(OCC(F)F)c(CI)c1. The second-order valence-corrected chi connectivity index (χ2v) is 4.12. The number of nitrogens with two attached hydrogens (primary N) is 1. The molecule has 0 saturated carbocycles. The highest BCUT2D eigenvalue weighted by atomic mass is 127. The van der Waals surface area contributed by atoms with E-state index in [1.165, 1.54) is 0 Å². The van der Waals surface area contributed by atoms with Crippen LogP contribution in [0.3, 0.4) is 0 Å². The van der Waals surface area contributed by atoms with Gasteiger partial charge in [0.1, 0.15) is 0 Å². The minimum Gasteiger partial charge on any atom is -0.471 e. The third kappa shape index (κ3) is 3.82. The molecule has 0 amide bonds. The summed E-state index contributed by atoms with van der Waals surface area (Å²) in [6.07, 6.45) is -0.932. The highest BCUT2D eigenvalue weighted by Crippen LogP contribution is 2.22. The number of hydrogen-bond donors (Lipinski definition) is 1. The van der Waals surface area contributed by atoms with E-state index >= 15 is 0 Å². The number of halogens is 3. The monoisotopic (exact) mass is 342 g/mol. The Morgan fingerprint density at radius 2 is 2.25 bits per heavy atom. The first-order valence-corrected chi connectivity index (χ1v) is 6.28. The molecule has 0 bridgehead atoms. The molecule has 0 fully saturated rings. The van der Waals surface area contributed by atoms with Crippen LogP contribution < -0.4 is 10.5 Å². The first-order chi connectivity index (χ1) is 7.54. The van der Waals surface area contributed by atoms with Crippen LogP contribution in [0.25, 0.3) is 0 Å². The zero-order valence-corrected chi connectivity index (χ0v) is 10.9. The summed E-state index contributed by atoms with van der Waals surface area (Å²) in [6, 6.07) is 1.71. The molecule has 1 unspecified atom stereocenters. The molecule has 0 spiro atoms. The van der Waals surface area contributed by atoms with Gasteiger partial charge < -0.3 is 10.5 Å². The number of pyridine rings is 1. The molecule has 16 heavy (non-hydrogen) atoms. The van der Waals surface area contributed by atoms with Crippen LogP contribution in [0.1, 0.15) is 24.1 Å². The topological polar surface area (TPSA) is 48.1 Å². The van der Waals surface area contributed by atoms with Crippen molar-refractivity contribution < 1.29 is 13.5 Å². The number of ether oxygens (including phenoxy) is 1. The average molecular weight is 342 g/mol. The minimum atomic E-state index is -2.49. The van der Waals surface area contributed by atoms with Crippen molar-refractivity contribution in [2.45, 2.75) is 23.8 Å². The molecule has 1 heterocycles. The number of aromatic nitrogens is 1. The van der Waals surface area contributed by atoms with Gasteiger partial charge in [0.05, 0.1) is 0 Å². The lowest BCUT2D eigenvalue weighted by Gasteiger charge is -2.11. The summed E-state index contributed by atoms with van der Waals surface area (Å²) in [5, 5.41) is 0. The standard InChI is InChI=1S/C10H13F2IN2O/c1-6(14)8-2-7(3-13)10(15-4-8)16-5-9(11)12/h2,4,6,9H,3,5,14H2,1H3. The lowest BCUT2D eigenvalue weighted by atomic mass is 10.1. The Morgan fingerprint density at radius 3 is 2.75 bits per heavy atom. The van der Waals surface area contributed by atoms with Gasteiger partial charge in [-0.05, 0) is 18.6 Å². The van der Waals surface area contributed by atoms with Gasteiger partial charge in [0.25, 0.3) is 6.43 Å². The maximum atomic E-state index is 12.0. The van der Waals surface area contributed by atoms with Crippen molar-refractivity contribution in [3.63, 3.8) is 0 Å². The second kappa shape index (κ2) is 6.29. The smallest absolute Gasteiger partial charge is 0.272 e. The fourth-order valence-corrected chi connectivity index (χ4v) is 1.68. The molecule has 0 aromatic carbocycles. The fourth-order valence-electron chi connectivity index (χ4n) is 1.13. The van der Waals surface area contributed by atoms with Gasteiger partial charge in [0.2, 0.25) is 5.88 Å². The van der Waals surface area contributed by atoms with Crippen molar-refractivity contribution in [2.75, 3.05) is 6.61 Å². The molecule has 1 atom stereocenters. The van der Waals surface area contributed by atoms with Crippen molar-refractivity contribution in [2.24, 2.45) is 5.73 Å². The third-order valence-corrected chi connectivity index (χ3v) is 2.78. The number of rotatable bonds is 5. The molecule has 90 valence electrons. The van der Waals surface area contributed by atoms with Crippen LogP contribution in [0.4, 0.5) is 8.78 Å². The highest BCUT2D eigenvalue weighted by molar-refractivity contribution is 14.1. The quantitative estimate of drug-likeness (QED) is 0.661. The van der Waals surface area contributed by atoms with Crippen molar-refractivity contribution in [1.82, 2.24) is 4.98 Å². The summed E-state index contributed by atoms with van der Waals surface area (Å²) in [5.74, 6) is 0.263. The first-order valence-electron chi connectivity index (χ1n) is 4.76. The average Bonchev–Trinajstić information content (AvgIpc) is 2.25. The Balaban J connectivity index is 2.84. The summed E-state index contributed by atoms with van der Waals surface area (Å²) < 4.78 is 29.5. The Morgan fingerprint density at radius 1 is 1.56 bits per heavy atom. The zero-order valence-electron chi connectivity index (χ0n) is 8.79. The van der Waals surface area contributed by atoms with E-state index in [-0.39, 0.29) is 11.9 Å². The normalized spacial score (nSPS) is 12.9. The van der Waals surface area contributed by atoms with Crippen molar-refractivity contribution in [1.29, 1.82) is 0 Å². The van der Waals surface area contributed by atoms with Crippen LogP contribution in [-0.2, 0) is 4.43 Å². The van der Waals surface area contributed by atoms with E-state index in [1.807, 2.05) is 13.0 Å². The van der Waals surface area contributed by atoms with E-state index in [1.54, 1.807) is 6.20 Å². The largest absolute Gasteiger partial charge is 0.471 e. The summed E-state index contributed by atoms with van der Waals surface area (Å²) in [6.45, 7) is 1.21. The predicted molar refractivity (Wildman–Crippen MR) is 66.1 cm³/mol. The van der Waals surface area contributed by atoms with E-state index in [0.29, 0.717) is 4.43 Å². The Labute approximate surface area is 107 Å². The number of hydrogen-bond acceptors (Lipinski definition) is 3. The van der Waals surface area contributed by atoms with Gasteiger partial charge in [-0.15, -0.1) is 0 Å². The highest BCUT2D eigenvalue weighted by Gasteiger charge is 2.10. The number of alkyl halides is 3.